The van der Waals surface area contributed by atoms with Crippen molar-refractivity contribution >= 4 is 0 Å². The van der Waals surface area contributed by atoms with Crippen molar-refractivity contribution in [3.05, 3.63) is 28.8 Å². The quantitative estimate of drug-likeness (QED) is 0.702. The summed E-state index contributed by atoms with van der Waals surface area (Å²) in [7, 11) is 0. The lowest BCUT2D eigenvalue weighted by molar-refractivity contribution is 0.422. The van der Waals surface area contributed by atoms with E-state index in [1.54, 1.807) is 0 Å². The first-order valence-electron chi connectivity index (χ1n) is 7.44. The van der Waals surface area contributed by atoms with Gasteiger partial charge in [0.25, 0.3) is 0 Å². The predicted molar refractivity (Wildman–Crippen MR) is 86.2 cm³/mol. The van der Waals surface area contributed by atoms with Crippen LogP contribution in [0.15, 0.2) is 12.1 Å². The molecule has 0 aromatic heterocycles. The first-order valence-corrected chi connectivity index (χ1v) is 7.44. The Balaban J connectivity index is 0.00000154. The van der Waals surface area contributed by atoms with Gasteiger partial charge in [0.15, 0.2) is 0 Å². The highest BCUT2D eigenvalue weighted by atomic mass is 16.3. The molecule has 0 bridgehead atoms. The molecule has 1 N–H and O–H groups in total. The molecule has 1 nitrogen and oxygen atoms in total. The van der Waals surface area contributed by atoms with Crippen LogP contribution < -0.4 is 0 Å². The fourth-order valence-corrected chi connectivity index (χ4v) is 2.04. The van der Waals surface area contributed by atoms with Gasteiger partial charge in [-0.3, -0.25) is 0 Å². The third-order valence-electron chi connectivity index (χ3n) is 3.19. The highest BCUT2D eigenvalue weighted by molar-refractivity contribution is 5.49. The molecule has 110 valence electrons. The van der Waals surface area contributed by atoms with Gasteiger partial charge in [-0.15, -0.1) is 0 Å². The zero-order valence-electron chi connectivity index (χ0n) is 14.3. The molecule has 0 aliphatic carbocycles. The Labute approximate surface area is 120 Å². The second-order valence-corrected chi connectivity index (χ2v) is 6.89. The standard InChI is InChI=1S/C16H26O.C2H6/c1-8-11-9-12(15(2,3)4)14(17)13(10-11)16(5,6)7;1-2/h9-10,17H,8H2,1-7H3;1-2H3. The molecule has 0 spiro atoms. The van der Waals surface area contributed by atoms with Crippen molar-refractivity contribution in [2.24, 2.45) is 0 Å². The average molecular weight is 264 g/mol. The lowest BCUT2D eigenvalue weighted by Crippen LogP contribution is -2.17. The molecule has 0 aliphatic rings. The first-order chi connectivity index (χ1) is 8.57. The summed E-state index contributed by atoms with van der Waals surface area (Å²) in [6.45, 7) is 19.0. The van der Waals surface area contributed by atoms with E-state index in [4.69, 9.17) is 0 Å². The van der Waals surface area contributed by atoms with Crippen molar-refractivity contribution in [3.63, 3.8) is 0 Å². The Hall–Kier alpha value is -0.980. The van der Waals surface area contributed by atoms with Crippen molar-refractivity contribution in [1.29, 1.82) is 0 Å². The summed E-state index contributed by atoms with van der Waals surface area (Å²) in [5.41, 5.74) is 3.38. The second-order valence-electron chi connectivity index (χ2n) is 6.89. The molecular formula is C18H32O. The molecule has 0 radical (unpaired) electrons. The molecule has 1 heteroatoms. The summed E-state index contributed by atoms with van der Waals surface area (Å²) < 4.78 is 0. The molecule has 1 aromatic carbocycles. The number of aryl methyl sites for hydroxylation is 1. The van der Waals surface area contributed by atoms with Gasteiger partial charge in [-0.05, 0) is 33.9 Å². The van der Waals surface area contributed by atoms with Crippen LogP contribution in [0.4, 0.5) is 0 Å². The maximum atomic E-state index is 10.5. The number of aromatic hydroxyl groups is 1. The maximum Gasteiger partial charge on any atom is 0.123 e. The number of hydrogen-bond donors (Lipinski definition) is 1. The summed E-state index contributed by atoms with van der Waals surface area (Å²) in [4.78, 5) is 0. The van der Waals surface area contributed by atoms with E-state index in [1.165, 1.54) is 5.56 Å². The largest absolute Gasteiger partial charge is 0.507 e. The fourth-order valence-electron chi connectivity index (χ4n) is 2.04. The first kappa shape index (κ1) is 18.0. The Morgan fingerprint density at radius 1 is 0.842 bits per heavy atom. The van der Waals surface area contributed by atoms with Gasteiger partial charge in [0.05, 0.1) is 0 Å². The molecule has 0 fully saturated rings. The van der Waals surface area contributed by atoms with E-state index in [-0.39, 0.29) is 10.8 Å². The lowest BCUT2D eigenvalue weighted by atomic mass is 9.78. The highest BCUT2D eigenvalue weighted by Gasteiger charge is 2.26. The number of hydrogen-bond acceptors (Lipinski definition) is 1. The second kappa shape index (κ2) is 6.45. The van der Waals surface area contributed by atoms with E-state index in [1.807, 2.05) is 13.8 Å². The van der Waals surface area contributed by atoms with Gasteiger partial charge < -0.3 is 5.11 Å². The normalized spacial score (nSPS) is 11.8. The molecule has 0 saturated carbocycles. The summed E-state index contributed by atoms with van der Waals surface area (Å²) in [5.74, 6) is 0.474. The fraction of sp³-hybridized carbons (Fsp3) is 0.667. The van der Waals surface area contributed by atoms with E-state index in [2.05, 4.69) is 60.6 Å². The Kier molecular flexibility index (Phi) is 6.12. The molecule has 19 heavy (non-hydrogen) atoms. The van der Waals surface area contributed by atoms with Gasteiger partial charge in [0.1, 0.15) is 5.75 Å². The molecular weight excluding hydrogens is 232 g/mol. The van der Waals surface area contributed by atoms with Gasteiger partial charge in [-0.2, -0.15) is 0 Å². The minimum atomic E-state index is -0.0186. The van der Waals surface area contributed by atoms with Crippen LogP contribution in [0.2, 0.25) is 0 Å². The minimum absolute atomic E-state index is 0.0186. The van der Waals surface area contributed by atoms with Crippen LogP contribution in [-0.2, 0) is 17.3 Å². The summed E-state index contributed by atoms with van der Waals surface area (Å²) in [5, 5.41) is 10.5. The Morgan fingerprint density at radius 2 is 1.16 bits per heavy atom. The summed E-state index contributed by atoms with van der Waals surface area (Å²) in [6.07, 6.45) is 1.01. The van der Waals surface area contributed by atoms with Crippen LogP contribution >= 0.6 is 0 Å². The lowest BCUT2D eigenvalue weighted by Gasteiger charge is -2.28. The van der Waals surface area contributed by atoms with E-state index < -0.39 is 0 Å². The number of phenolic OH excluding ortho intramolecular Hbond substituents is 1. The van der Waals surface area contributed by atoms with Gasteiger partial charge in [0.2, 0.25) is 0 Å². The smallest absolute Gasteiger partial charge is 0.123 e. The molecule has 0 unspecified atom stereocenters. The molecule has 1 rings (SSSR count). The molecule has 0 atom stereocenters. The van der Waals surface area contributed by atoms with E-state index >= 15 is 0 Å². The van der Waals surface area contributed by atoms with Crippen molar-refractivity contribution in [2.45, 2.75) is 79.6 Å². The van der Waals surface area contributed by atoms with Gasteiger partial charge in [0, 0.05) is 0 Å². The van der Waals surface area contributed by atoms with Crippen molar-refractivity contribution in [3.8, 4) is 5.75 Å². The third kappa shape index (κ3) is 4.56. The van der Waals surface area contributed by atoms with Crippen molar-refractivity contribution in [1.82, 2.24) is 0 Å². The van der Waals surface area contributed by atoms with Gasteiger partial charge >= 0.3 is 0 Å². The average Bonchev–Trinajstić information content (AvgIpc) is 2.29. The summed E-state index contributed by atoms with van der Waals surface area (Å²) >= 11 is 0. The summed E-state index contributed by atoms with van der Waals surface area (Å²) in [6, 6.07) is 4.29. The monoisotopic (exact) mass is 264 g/mol. The van der Waals surface area contributed by atoms with Crippen molar-refractivity contribution in [2.75, 3.05) is 0 Å². The van der Waals surface area contributed by atoms with Crippen LogP contribution in [0, 0.1) is 0 Å². The molecule has 0 amide bonds. The predicted octanol–water partition coefficient (Wildman–Crippen LogP) is 5.58. The molecule has 0 saturated heterocycles. The molecule has 0 aliphatic heterocycles. The van der Waals surface area contributed by atoms with Gasteiger partial charge in [-0.25, -0.2) is 0 Å². The van der Waals surface area contributed by atoms with E-state index in [0.29, 0.717) is 5.75 Å². The zero-order valence-corrected chi connectivity index (χ0v) is 14.3. The third-order valence-corrected chi connectivity index (χ3v) is 3.19. The van der Waals surface area contributed by atoms with Crippen LogP contribution in [0.5, 0.6) is 5.75 Å². The van der Waals surface area contributed by atoms with Crippen LogP contribution in [0.3, 0.4) is 0 Å². The van der Waals surface area contributed by atoms with Crippen LogP contribution in [0.1, 0.15) is 79.0 Å². The number of phenols is 1. The van der Waals surface area contributed by atoms with Crippen LogP contribution in [-0.4, -0.2) is 5.11 Å². The number of benzene rings is 1. The minimum Gasteiger partial charge on any atom is -0.507 e. The van der Waals surface area contributed by atoms with Gasteiger partial charge in [-0.1, -0.05) is 74.4 Å². The van der Waals surface area contributed by atoms with Crippen LogP contribution in [0.25, 0.3) is 0 Å². The SMILES string of the molecule is CC.CCc1cc(C(C)(C)C)c(O)c(C(C)(C)C)c1. The maximum absolute atomic E-state index is 10.5. The number of rotatable bonds is 1. The topological polar surface area (TPSA) is 20.2 Å². The van der Waals surface area contributed by atoms with E-state index in [9.17, 15) is 5.11 Å². The molecule has 1 aromatic rings. The molecule has 0 heterocycles. The highest BCUT2D eigenvalue weighted by Crippen LogP contribution is 2.39. The van der Waals surface area contributed by atoms with E-state index in [0.717, 1.165) is 17.5 Å². The Bertz CT molecular complexity index is 368. The Morgan fingerprint density at radius 3 is 1.37 bits per heavy atom. The van der Waals surface area contributed by atoms with Crippen molar-refractivity contribution < 1.29 is 5.11 Å². The zero-order chi connectivity index (χ0) is 15.4.